The minimum atomic E-state index is -0.430. The fourth-order valence-corrected chi connectivity index (χ4v) is 3.82. The van der Waals surface area contributed by atoms with E-state index in [4.69, 9.17) is 10.5 Å². The zero-order chi connectivity index (χ0) is 14.5. The Bertz CT molecular complexity index is 597. The molecule has 0 saturated carbocycles. The molecule has 5 nitrogen and oxygen atoms in total. The molecule has 0 saturated heterocycles. The molecule has 0 fully saturated rings. The molecule has 2 aromatic rings. The molecule has 0 aliphatic rings. The van der Waals surface area contributed by atoms with E-state index in [2.05, 4.69) is 31.7 Å². The first kappa shape index (κ1) is 15.3. The number of nitrogens with zero attached hydrogens (tertiary/aromatic N) is 1. The zero-order valence-electron chi connectivity index (χ0n) is 10.8. The van der Waals surface area contributed by atoms with E-state index in [0.717, 1.165) is 10.2 Å². The second-order valence-electron chi connectivity index (χ2n) is 3.88. The number of carbonyl (C=O) groups excluding carboxylic acids is 1. The summed E-state index contributed by atoms with van der Waals surface area (Å²) in [5.41, 5.74) is 6.05. The van der Waals surface area contributed by atoms with Crippen LogP contribution in [0.15, 0.2) is 15.9 Å². The van der Waals surface area contributed by atoms with Gasteiger partial charge in [0.05, 0.1) is 10.4 Å². The molecule has 3 N–H and O–H groups in total. The Hall–Kier alpha value is -1.12. The van der Waals surface area contributed by atoms with Crippen LogP contribution in [0, 0.1) is 0 Å². The van der Waals surface area contributed by atoms with E-state index >= 15 is 0 Å². The Balaban J connectivity index is 1.97. The van der Waals surface area contributed by atoms with Crippen LogP contribution in [0.1, 0.15) is 22.2 Å². The van der Waals surface area contributed by atoms with Crippen molar-refractivity contribution < 1.29 is 9.53 Å². The fraction of sp³-hybridized carbons (Fsp3) is 0.333. The highest BCUT2D eigenvalue weighted by Crippen LogP contribution is 2.28. The highest BCUT2D eigenvalue weighted by Gasteiger charge is 2.20. The number of hydrogen-bond donors (Lipinski definition) is 2. The third-order valence-corrected chi connectivity index (χ3v) is 4.99. The second kappa shape index (κ2) is 7.05. The summed E-state index contributed by atoms with van der Waals surface area (Å²) in [5, 5.41) is 3.86. The van der Waals surface area contributed by atoms with Crippen LogP contribution in [0.25, 0.3) is 0 Å². The standard InChI is InChI=1S/C12H14BrN3O2S2/c1-2-18-12(17)9-10(14)16-20-11(9)15-6-5-7-3-4-8(13)19-7/h3-4,15H,2,5-6H2,1H3,(H2,14,16). The summed E-state index contributed by atoms with van der Waals surface area (Å²) in [7, 11) is 0. The molecule has 0 bridgehead atoms. The van der Waals surface area contributed by atoms with E-state index in [1.807, 2.05) is 6.07 Å². The number of nitrogens with one attached hydrogen (secondary N) is 1. The number of rotatable bonds is 6. The number of thiophene rings is 1. The maximum Gasteiger partial charge on any atom is 0.344 e. The number of anilines is 2. The molecule has 108 valence electrons. The number of hydrogen-bond acceptors (Lipinski definition) is 7. The average molecular weight is 376 g/mol. The van der Waals surface area contributed by atoms with Crippen molar-refractivity contribution in [3.05, 3.63) is 26.4 Å². The predicted octanol–water partition coefficient (Wildman–Crippen LogP) is 3.38. The molecular weight excluding hydrogens is 362 g/mol. The zero-order valence-corrected chi connectivity index (χ0v) is 14.0. The molecule has 0 atom stereocenters. The lowest BCUT2D eigenvalue weighted by molar-refractivity contribution is 0.0529. The summed E-state index contributed by atoms with van der Waals surface area (Å²) in [6.45, 7) is 2.79. The van der Waals surface area contributed by atoms with Crippen LogP contribution >= 0.6 is 38.8 Å². The summed E-state index contributed by atoms with van der Waals surface area (Å²) < 4.78 is 10.1. The van der Waals surface area contributed by atoms with Crippen LogP contribution in [0.4, 0.5) is 10.8 Å². The fourth-order valence-electron chi connectivity index (χ4n) is 1.61. The maximum atomic E-state index is 11.8. The van der Waals surface area contributed by atoms with Gasteiger partial charge in [0.15, 0.2) is 5.82 Å². The molecule has 0 amide bonds. The van der Waals surface area contributed by atoms with Gasteiger partial charge in [-0.25, -0.2) is 4.79 Å². The van der Waals surface area contributed by atoms with E-state index in [0.29, 0.717) is 23.7 Å². The molecular formula is C12H14BrN3O2S2. The molecule has 0 radical (unpaired) electrons. The number of carbonyl (C=O) groups is 1. The monoisotopic (exact) mass is 375 g/mol. The number of ether oxygens (including phenoxy) is 1. The maximum absolute atomic E-state index is 11.8. The van der Waals surface area contributed by atoms with Gasteiger partial charge in [0.25, 0.3) is 0 Å². The van der Waals surface area contributed by atoms with Gasteiger partial charge in [-0.2, -0.15) is 4.37 Å². The van der Waals surface area contributed by atoms with E-state index < -0.39 is 5.97 Å². The van der Waals surface area contributed by atoms with Crippen molar-refractivity contribution in [3.63, 3.8) is 0 Å². The first-order chi connectivity index (χ1) is 9.61. The largest absolute Gasteiger partial charge is 0.462 e. The van der Waals surface area contributed by atoms with Crippen molar-refractivity contribution in [2.75, 3.05) is 24.2 Å². The van der Waals surface area contributed by atoms with Crippen molar-refractivity contribution in [3.8, 4) is 0 Å². The number of esters is 1. The quantitative estimate of drug-likeness (QED) is 0.756. The van der Waals surface area contributed by atoms with Crippen LogP contribution < -0.4 is 11.1 Å². The lowest BCUT2D eigenvalue weighted by atomic mass is 10.3. The van der Waals surface area contributed by atoms with Crippen molar-refractivity contribution in [2.24, 2.45) is 0 Å². The lowest BCUT2D eigenvalue weighted by Crippen LogP contribution is -2.11. The van der Waals surface area contributed by atoms with E-state index in [9.17, 15) is 4.79 Å². The highest BCUT2D eigenvalue weighted by molar-refractivity contribution is 9.11. The van der Waals surface area contributed by atoms with E-state index in [1.54, 1.807) is 18.3 Å². The summed E-state index contributed by atoms with van der Waals surface area (Å²) in [6, 6.07) is 4.10. The van der Waals surface area contributed by atoms with Crippen LogP contribution in [0.5, 0.6) is 0 Å². The Kier molecular flexibility index (Phi) is 5.38. The minimum absolute atomic E-state index is 0.217. The molecule has 2 rings (SSSR count). The van der Waals surface area contributed by atoms with Crippen molar-refractivity contribution in [1.29, 1.82) is 0 Å². The third-order valence-electron chi connectivity index (χ3n) is 2.48. The van der Waals surface area contributed by atoms with Gasteiger partial charge in [-0.1, -0.05) is 0 Å². The molecule has 20 heavy (non-hydrogen) atoms. The molecule has 2 aromatic heterocycles. The van der Waals surface area contributed by atoms with Crippen LogP contribution in [0.3, 0.4) is 0 Å². The topological polar surface area (TPSA) is 77.2 Å². The van der Waals surface area contributed by atoms with Crippen molar-refractivity contribution in [2.45, 2.75) is 13.3 Å². The normalized spacial score (nSPS) is 10.5. The molecule has 0 aliphatic heterocycles. The van der Waals surface area contributed by atoms with Gasteiger partial charge >= 0.3 is 5.97 Å². The van der Waals surface area contributed by atoms with E-state index in [-0.39, 0.29) is 5.82 Å². The molecule has 0 unspecified atom stereocenters. The van der Waals surface area contributed by atoms with Gasteiger partial charge in [0.1, 0.15) is 10.6 Å². The first-order valence-electron chi connectivity index (χ1n) is 6.02. The van der Waals surface area contributed by atoms with Gasteiger partial charge in [-0.15, -0.1) is 11.3 Å². The number of nitrogen functional groups attached to an aromatic ring is 1. The Morgan fingerprint density at radius 3 is 3.00 bits per heavy atom. The van der Waals surface area contributed by atoms with Gasteiger partial charge in [-0.3, -0.25) is 0 Å². The summed E-state index contributed by atoms with van der Waals surface area (Å²) in [5.74, 6) is -0.213. The Labute approximate surface area is 133 Å². The van der Waals surface area contributed by atoms with Crippen LogP contribution in [-0.4, -0.2) is 23.5 Å². The van der Waals surface area contributed by atoms with Gasteiger partial charge in [-0.05, 0) is 52.9 Å². The van der Waals surface area contributed by atoms with Crippen molar-refractivity contribution >= 4 is 55.6 Å². The van der Waals surface area contributed by atoms with Gasteiger partial charge < -0.3 is 15.8 Å². The molecule has 0 aromatic carbocycles. The third kappa shape index (κ3) is 3.71. The minimum Gasteiger partial charge on any atom is -0.462 e. The highest BCUT2D eigenvalue weighted by atomic mass is 79.9. The summed E-state index contributed by atoms with van der Waals surface area (Å²) >= 11 is 6.31. The predicted molar refractivity (Wildman–Crippen MR) is 86.7 cm³/mol. The van der Waals surface area contributed by atoms with Gasteiger partial charge in [0, 0.05) is 11.4 Å². The van der Waals surface area contributed by atoms with Crippen LogP contribution in [0.2, 0.25) is 0 Å². The lowest BCUT2D eigenvalue weighted by Gasteiger charge is -2.06. The van der Waals surface area contributed by atoms with Gasteiger partial charge in [0.2, 0.25) is 0 Å². The Morgan fingerprint density at radius 1 is 1.55 bits per heavy atom. The summed E-state index contributed by atoms with van der Waals surface area (Å²) in [6.07, 6.45) is 0.871. The van der Waals surface area contributed by atoms with Crippen molar-refractivity contribution in [1.82, 2.24) is 4.37 Å². The summed E-state index contributed by atoms with van der Waals surface area (Å²) in [4.78, 5) is 13.1. The Morgan fingerprint density at radius 2 is 2.35 bits per heavy atom. The number of halogens is 1. The molecule has 0 aliphatic carbocycles. The number of aromatic nitrogens is 1. The molecule has 2 heterocycles. The second-order valence-corrected chi connectivity index (χ2v) is 7.20. The first-order valence-corrected chi connectivity index (χ1v) is 8.40. The van der Waals surface area contributed by atoms with E-state index in [1.165, 1.54) is 16.4 Å². The SMILES string of the molecule is CCOC(=O)c1c(N)nsc1NCCc1ccc(Br)s1. The molecule has 0 spiro atoms. The number of nitrogens with two attached hydrogens (primary N) is 1. The molecule has 8 heteroatoms. The van der Waals surface area contributed by atoms with Crippen LogP contribution in [-0.2, 0) is 11.2 Å². The average Bonchev–Trinajstić information content (AvgIpc) is 2.97. The smallest absolute Gasteiger partial charge is 0.344 e.